The number of ether oxygens (including phenoxy) is 1. The number of Topliss-reactive ketones (excluding diaryl/α,β-unsaturated/α-hetero) is 1. The first-order valence-electron chi connectivity index (χ1n) is 6.13. The number of ketones is 1. The van der Waals surface area contributed by atoms with Crippen LogP contribution >= 0.6 is 0 Å². The number of benzene rings is 2. The molecule has 2 rings (SSSR count). The first-order chi connectivity index (χ1) is 9.52. The van der Waals surface area contributed by atoms with Crippen LogP contribution in [-0.4, -0.2) is 12.9 Å². The third-order valence-electron chi connectivity index (χ3n) is 3.05. The van der Waals surface area contributed by atoms with Gasteiger partial charge in [0.05, 0.1) is 12.7 Å². The summed E-state index contributed by atoms with van der Waals surface area (Å²) in [6.45, 7) is 1.83. The quantitative estimate of drug-likeness (QED) is 0.796. The molecule has 2 aromatic carbocycles. The maximum Gasteiger partial charge on any atom is 0.171 e. The molecule has 0 spiro atoms. The number of hydrogen-bond donors (Lipinski definition) is 0. The molecule has 20 heavy (non-hydrogen) atoms. The van der Waals surface area contributed by atoms with Gasteiger partial charge in [-0.15, -0.1) is 0 Å². The van der Waals surface area contributed by atoms with E-state index in [-0.39, 0.29) is 17.8 Å². The van der Waals surface area contributed by atoms with Gasteiger partial charge in [-0.3, -0.25) is 4.79 Å². The zero-order chi connectivity index (χ0) is 14.7. The van der Waals surface area contributed by atoms with Crippen LogP contribution in [0.15, 0.2) is 36.4 Å². The fourth-order valence-electron chi connectivity index (χ4n) is 2.00. The highest BCUT2D eigenvalue weighted by molar-refractivity contribution is 6.00. The largest absolute Gasteiger partial charge is 0.496 e. The molecular formula is C16H14F2O2. The lowest BCUT2D eigenvalue weighted by atomic mass is 10.00. The molecule has 104 valence electrons. The van der Waals surface area contributed by atoms with Crippen LogP contribution < -0.4 is 4.74 Å². The number of hydrogen-bond acceptors (Lipinski definition) is 2. The molecule has 0 N–H and O–H groups in total. The number of carbonyl (C=O) groups is 1. The van der Waals surface area contributed by atoms with Crippen LogP contribution in [0.4, 0.5) is 8.78 Å². The van der Waals surface area contributed by atoms with Crippen molar-refractivity contribution in [1.82, 2.24) is 0 Å². The molecule has 0 aliphatic heterocycles. The summed E-state index contributed by atoms with van der Waals surface area (Å²) in [5, 5.41) is 0. The van der Waals surface area contributed by atoms with Crippen LogP contribution in [-0.2, 0) is 6.42 Å². The summed E-state index contributed by atoms with van der Waals surface area (Å²) >= 11 is 0. The Hall–Kier alpha value is -2.23. The van der Waals surface area contributed by atoms with Crippen molar-refractivity contribution in [3.8, 4) is 5.75 Å². The number of carbonyl (C=O) groups excluding carboxylic acids is 1. The monoisotopic (exact) mass is 276 g/mol. The summed E-state index contributed by atoms with van der Waals surface area (Å²) in [5.74, 6) is -1.41. The van der Waals surface area contributed by atoms with Crippen LogP contribution in [0, 0.1) is 18.6 Å². The summed E-state index contributed by atoms with van der Waals surface area (Å²) in [7, 11) is 1.45. The highest BCUT2D eigenvalue weighted by Crippen LogP contribution is 2.23. The maximum absolute atomic E-state index is 13.6. The Kier molecular flexibility index (Phi) is 4.13. The minimum absolute atomic E-state index is 0.221. The second-order valence-corrected chi connectivity index (χ2v) is 4.50. The van der Waals surface area contributed by atoms with E-state index in [4.69, 9.17) is 4.74 Å². The molecule has 2 aromatic rings. The summed E-state index contributed by atoms with van der Waals surface area (Å²) < 4.78 is 32.2. The van der Waals surface area contributed by atoms with Crippen molar-refractivity contribution in [3.63, 3.8) is 0 Å². The van der Waals surface area contributed by atoms with E-state index in [1.54, 1.807) is 18.2 Å². The van der Waals surface area contributed by atoms with Gasteiger partial charge in [0.1, 0.15) is 17.4 Å². The molecule has 4 heteroatoms. The molecule has 0 fully saturated rings. The van der Waals surface area contributed by atoms with Gasteiger partial charge in [-0.25, -0.2) is 8.78 Å². The average molecular weight is 276 g/mol. The first-order valence-corrected chi connectivity index (χ1v) is 6.13. The van der Waals surface area contributed by atoms with Crippen molar-refractivity contribution in [2.24, 2.45) is 0 Å². The second kappa shape index (κ2) is 5.82. The van der Waals surface area contributed by atoms with E-state index in [2.05, 4.69) is 0 Å². The third kappa shape index (κ3) is 2.85. The number of aryl methyl sites for hydroxylation is 1. The number of halogens is 2. The zero-order valence-corrected chi connectivity index (χ0v) is 11.2. The van der Waals surface area contributed by atoms with E-state index in [1.807, 2.05) is 6.92 Å². The number of rotatable bonds is 4. The van der Waals surface area contributed by atoms with Gasteiger partial charge in [-0.2, -0.15) is 0 Å². The molecule has 0 aliphatic rings. The van der Waals surface area contributed by atoms with Crippen molar-refractivity contribution in [2.75, 3.05) is 7.11 Å². The fourth-order valence-corrected chi connectivity index (χ4v) is 2.00. The van der Waals surface area contributed by atoms with Crippen LogP contribution in [0.5, 0.6) is 5.75 Å². The van der Waals surface area contributed by atoms with Crippen LogP contribution in [0.2, 0.25) is 0 Å². The van der Waals surface area contributed by atoms with E-state index in [0.29, 0.717) is 11.3 Å². The van der Waals surface area contributed by atoms with Crippen molar-refractivity contribution < 1.29 is 18.3 Å². The Morgan fingerprint density at radius 3 is 2.40 bits per heavy atom. The highest BCUT2D eigenvalue weighted by Gasteiger charge is 2.17. The molecule has 0 bridgehead atoms. The van der Waals surface area contributed by atoms with Crippen molar-refractivity contribution in [1.29, 1.82) is 0 Å². The molecule has 0 saturated heterocycles. The lowest BCUT2D eigenvalue weighted by Gasteiger charge is -2.09. The Morgan fingerprint density at radius 1 is 1.15 bits per heavy atom. The predicted molar refractivity (Wildman–Crippen MR) is 72.1 cm³/mol. The molecular weight excluding hydrogens is 262 g/mol. The van der Waals surface area contributed by atoms with Gasteiger partial charge in [0, 0.05) is 12.0 Å². The van der Waals surface area contributed by atoms with Crippen molar-refractivity contribution in [3.05, 3.63) is 64.7 Å². The minimum Gasteiger partial charge on any atom is -0.496 e. The zero-order valence-electron chi connectivity index (χ0n) is 11.2. The fraction of sp³-hybridized carbons (Fsp3) is 0.188. The van der Waals surface area contributed by atoms with Gasteiger partial charge >= 0.3 is 0 Å². The molecule has 2 nitrogen and oxygen atoms in total. The molecule has 0 aromatic heterocycles. The van der Waals surface area contributed by atoms with Gasteiger partial charge in [0.15, 0.2) is 5.78 Å². The third-order valence-corrected chi connectivity index (χ3v) is 3.05. The molecule has 0 amide bonds. The molecule has 0 heterocycles. The average Bonchev–Trinajstić information content (AvgIpc) is 2.43. The van der Waals surface area contributed by atoms with E-state index < -0.39 is 11.6 Å². The van der Waals surface area contributed by atoms with E-state index in [1.165, 1.54) is 13.2 Å². The van der Waals surface area contributed by atoms with Crippen LogP contribution in [0.25, 0.3) is 0 Å². The lowest BCUT2D eigenvalue weighted by Crippen LogP contribution is -2.09. The summed E-state index contributed by atoms with van der Waals surface area (Å²) in [4.78, 5) is 12.2. The highest BCUT2D eigenvalue weighted by atomic mass is 19.1. The van der Waals surface area contributed by atoms with Gasteiger partial charge in [0.2, 0.25) is 0 Å². The second-order valence-electron chi connectivity index (χ2n) is 4.50. The Bertz CT molecular complexity index is 631. The van der Waals surface area contributed by atoms with Gasteiger partial charge in [0.25, 0.3) is 0 Å². The predicted octanol–water partition coefficient (Wildman–Crippen LogP) is 3.71. The maximum atomic E-state index is 13.6. The van der Waals surface area contributed by atoms with Crippen molar-refractivity contribution >= 4 is 5.78 Å². The van der Waals surface area contributed by atoms with E-state index in [9.17, 15) is 13.6 Å². The van der Waals surface area contributed by atoms with Crippen molar-refractivity contribution in [2.45, 2.75) is 13.3 Å². The Balaban J connectivity index is 2.35. The van der Waals surface area contributed by atoms with Gasteiger partial charge in [-0.05, 0) is 31.2 Å². The van der Waals surface area contributed by atoms with Gasteiger partial charge < -0.3 is 4.74 Å². The van der Waals surface area contributed by atoms with Crippen LogP contribution in [0.3, 0.4) is 0 Å². The Labute approximate surface area is 116 Å². The molecule has 0 saturated carbocycles. The SMILES string of the molecule is COc1ccc(C)cc1C(=O)Cc1c(F)cccc1F. The molecule has 0 radical (unpaired) electrons. The van der Waals surface area contributed by atoms with E-state index >= 15 is 0 Å². The normalized spacial score (nSPS) is 10.4. The molecule has 0 unspecified atom stereocenters. The molecule has 0 aliphatic carbocycles. The summed E-state index contributed by atoms with van der Waals surface area (Å²) in [5.41, 5.74) is 0.986. The minimum atomic E-state index is -0.718. The van der Waals surface area contributed by atoms with Crippen LogP contribution in [0.1, 0.15) is 21.5 Å². The number of methoxy groups -OCH3 is 1. The topological polar surface area (TPSA) is 26.3 Å². The van der Waals surface area contributed by atoms with E-state index in [0.717, 1.165) is 17.7 Å². The summed E-state index contributed by atoms with van der Waals surface area (Å²) in [6, 6.07) is 8.67. The lowest BCUT2D eigenvalue weighted by molar-refractivity contribution is 0.0987. The standard InChI is InChI=1S/C16H14F2O2/c1-10-6-7-16(20-2)12(8-10)15(19)9-11-13(17)4-3-5-14(11)18/h3-8H,9H2,1-2H3. The Morgan fingerprint density at radius 2 is 1.80 bits per heavy atom. The van der Waals surface area contributed by atoms with Gasteiger partial charge in [-0.1, -0.05) is 17.7 Å². The molecule has 0 atom stereocenters. The summed E-state index contributed by atoms with van der Waals surface area (Å²) in [6.07, 6.45) is -0.335. The first kappa shape index (κ1) is 14.2. The smallest absolute Gasteiger partial charge is 0.171 e.